The van der Waals surface area contributed by atoms with E-state index in [9.17, 15) is 8.42 Å². The highest BCUT2D eigenvalue weighted by atomic mass is 32.2. The number of aliphatic hydroxyl groups excluding tert-OH is 1. The van der Waals surface area contributed by atoms with Crippen LogP contribution in [0.4, 0.5) is 0 Å². The topological polar surface area (TPSA) is 79.3 Å². The summed E-state index contributed by atoms with van der Waals surface area (Å²) in [6.45, 7) is 1.87. The Kier molecular flexibility index (Phi) is 5.09. The molecule has 2 aromatic rings. The van der Waals surface area contributed by atoms with Gasteiger partial charge in [-0.25, -0.2) is 18.1 Å². The van der Waals surface area contributed by atoms with Crippen LogP contribution in [0.5, 0.6) is 0 Å². The molecule has 21 heavy (non-hydrogen) atoms. The molecular weight excluding hydrogens is 308 g/mol. The Morgan fingerprint density at radius 2 is 2.05 bits per heavy atom. The molecule has 0 saturated heterocycles. The second-order valence-electron chi connectivity index (χ2n) is 4.15. The van der Waals surface area contributed by atoms with Crippen molar-refractivity contribution in [2.24, 2.45) is 0 Å². The SMILES string of the molecule is Cc1ncc(CNS(=O)(=O)c2ccc(C#CCO)cc2)s1. The number of hydrogen-bond donors (Lipinski definition) is 2. The smallest absolute Gasteiger partial charge is 0.240 e. The van der Waals surface area contributed by atoms with Crippen LogP contribution >= 0.6 is 11.3 Å². The molecule has 0 amide bonds. The molecule has 0 unspecified atom stereocenters. The van der Waals surface area contributed by atoms with Crippen molar-refractivity contribution in [1.29, 1.82) is 0 Å². The summed E-state index contributed by atoms with van der Waals surface area (Å²) in [5.41, 5.74) is 0.654. The summed E-state index contributed by atoms with van der Waals surface area (Å²) in [6.07, 6.45) is 1.66. The molecule has 7 heteroatoms. The first-order valence-corrected chi connectivity index (χ1v) is 8.42. The fourth-order valence-corrected chi connectivity index (χ4v) is 3.43. The van der Waals surface area contributed by atoms with Gasteiger partial charge in [0.05, 0.1) is 9.90 Å². The first-order valence-electron chi connectivity index (χ1n) is 6.12. The zero-order valence-corrected chi connectivity index (χ0v) is 13.0. The molecule has 0 saturated carbocycles. The largest absolute Gasteiger partial charge is 0.384 e. The van der Waals surface area contributed by atoms with Crippen LogP contribution in [0.15, 0.2) is 35.4 Å². The van der Waals surface area contributed by atoms with E-state index in [1.807, 2.05) is 6.92 Å². The van der Waals surface area contributed by atoms with Gasteiger partial charge in [0.1, 0.15) is 6.61 Å². The molecule has 2 N–H and O–H groups in total. The quantitative estimate of drug-likeness (QED) is 0.831. The van der Waals surface area contributed by atoms with Crippen LogP contribution in [0.3, 0.4) is 0 Å². The van der Waals surface area contributed by atoms with Gasteiger partial charge in [0, 0.05) is 23.2 Å². The van der Waals surface area contributed by atoms with E-state index < -0.39 is 10.0 Å². The van der Waals surface area contributed by atoms with Gasteiger partial charge in [-0.15, -0.1) is 11.3 Å². The van der Waals surface area contributed by atoms with Crippen LogP contribution in [-0.4, -0.2) is 25.1 Å². The van der Waals surface area contributed by atoms with Crippen LogP contribution < -0.4 is 4.72 Å². The molecule has 0 spiro atoms. The summed E-state index contributed by atoms with van der Waals surface area (Å²) < 4.78 is 26.8. The molecular formula is C14H14N2O3S2. The second-order valence-corrected chi connectivity index (χ2v) is 7.24. The van der Waals surface area contributed by atoms with E-state index in [0.717, 1.165) is 9.88 Å². The number of aromatic nitrogens is 1. The maximum atomic E-state index is 12.1. The number of rotatable bonds is 4. The lowest BCUT2D eigenvalue weighted by atomic mass is 10.2. The summed E-state index contributed by atoms with van der Waals surface area (Å²) in [5.74, 6) is 5.22. The van der Waals surface area contributed by atoms with E-state index in [0.29, 0.717) is 5.56 Å². The van der Waals surface area contributed by atoms with Gasteiger partial charge in [0.25, 0.3) is 0 Å². The molecule has 2 rings (SSSR count). The van der Waals surface area contributed by atoms with E-state index in [-0.39, 0.29) is 18.0 Å². The molecule has 0 atom stereocenters. The highest BCUT2D eigenvalue weighted by Gasteiger charge is 2.13. The minimum Gasteiger partial charge on any atom is -0.384 e. The number of thiazole rings is 1. The third-order valence-corrected chi connectivity index (χ3v) is 4.91. The van der Waals surface area contributed by atoms with E-state index >= 15 is 0 Å². The van der Waals surface area contributed by atoms with Crippen LogP contribution in [0, 0.1) is 18.8 Å². The van der Waals surface area contributed by atoms with Crippen molar-refractivity contribution in [2.45, 2.75) is 18.4 Å². The molecule has 0 aliphatic carbocycles. The number of nitrogens with one attached hydrogen (secondary N) is 1. The third-order valence-electron chi connectivity index (χ3n) is 2.58. The summed E-state index contributed by atoms with van der Waals surface area (Å²) in [6, 6.07) is 6.19. The fourth-order valence-electron chi connectivity index (χ4n) is 1.60. The maximum Gasteiger partial charge on any atom is 0.240 e. The van der Waals surface area contributed by atoms with E-state index in [1.165, 1.54) is 23.5 Å². The molecule has 5 nitrogen and oxygen atoms in total. The summed E-state index contributed by atoms with van der Waals surface area (Å²) in [7, 11) is -3.56. The third kappa shape index (κ3) is 4.37. The molecule has 0 bridgehead atoms. The normalized spacial score (nSPS) is 11.0. The van der Waals surface area contributed by atoms with Gasteiger partial charge in [-0.05, 0) is 31.2 Å². The molecule has 1 heterocycles. The minimum absolute atomic E-state index is 0.179. The predicted molar refractivity (Wildman–Crippen MR) is 81.3 cm³/mol. The van der Waals surface area contributed by atoms with Crippen molar-refractivity contribution in [3.05, 3.63) is 45.9 Å². The number of aryl methyl sites for hydroxylation is 1. The van der Waals surface area contributed by atoms with Crippen LogP contribution in [0.2, 0.25) is 0 Å². The van der Waals surface area contributed by atoms with Gasteiger partial charge in [-0.2, -0.15) is 0 Å². The van der Waals surface area contributed by atoms with Crippen molar-refractivity contribution < 1.29 is 13.5 Å². The first kappa shape index (κ1) is 15.7. The van der Waals surface area contributed by atoms with Crippen LogP contribution in [-0.2, 0) is 16.6 Å². The summed E-state index contributed by atoms with van der Waals surface area (Å²) >= 11 is 1.46. The molecule has 0 aliphatic rings. The summed E-state index contributed by atoms with van der Waals surface area (Å²) in [4.78, 5) is 5.12. The number of sulfonamides is 1. The van der Waals surface area contributed by atoms with Crippen LogP contribution in [0.25, 0.3) is 0 Å². The van der Waals surface area contributed by atoms with Gasteiger partial charge in [-0.1, -0.05) is 11.8 Å². The number of benzene rings is 1. The fraction of sp³-hybridized carbons (Fsp3) is 0.214. The number of nitrogens with zero attached hydrogens (tertiary/aromatic N) is 1. The summed E-state index contributed by atoms with van der Waals surface area (Å²) in [5, 5.41) is 9.51. The lowest BCUT2D eigenvalue weighted by Crippen LogP contribution is -2.22. The second kappa shape index (κ2) is 6.83. The monoisotopic (exact) mass is 322 g/mol. The Bertz CT molecular complexity index is 769. The lowest BCUT2D eigenvalue weighted by Gasteiger charge is -2.05. The first-order chi connectivity index (χ1) is 10.0. The average molecular weight is 322 g/mol. The highest BCUT2D eigenvalue weighted by molar-refractivity contribution is 7.89. The molecule has 1 aromatic heterocycles. The maximum absolute atomic E-state index is 12.1. The standard InChI is InChI=1S/C14H14N2O3S2/c1-11-15-9-13(20-11)10-16-21(18,19)14-6-4-12(5-7-14)3-2-8-17/h4-7,9,16-17H,8,10H2,1H3. The Balaban J connectivity index is 2.08. The minimum atomic E-state index is -3.56. The Morgan fingerprint density at radius 3 is 2.62 bits per heavy atom. The zero-order valence-electron chi connectivity index (χ0n) is 11.3. The van der Waals surface area contributed by atoms with Crippen molar-refractivity contribution in [3.8, 4) is 11.8 Å². The zero-order chi connectivity index (χ0) is 15.3. The van der Waals surface area contributed by atoms with E-state index in [1.54, 1.807) is 18.3 Å². The number of aliphatic hydroxyl groups is 1. The molecule has 0 fully saturated rings. The molecule has 0 radical (unpaired) electrons. The van der Waals surface area contributed by atoms with Gasteiger partial charge in [0.15, 0.2) is 0 Å². The Labute approximate surface area is 127 Å². The predicted octanol–water partition coefficient (Wildman–Crippen LogP) is 1.27. The number of hydrogen-bond acceptors (Lipinski definition) is 5. The van der Waals surface area contributed by atoms with Crippen molar-refractivity contribution in [1.82, 2.24) is 9.71 Å². The van der Waals surface area contributed by atoms with Gasteiger partial charge in [0.2, 0.25) is 10.0 Å². The highest BCUT2D eigenvalue weighted by Crippen LogP contribution is 2.14. The molecule has 0 aliphatic heterocycles. The molecule has 110 valence electrons. The van der Waals surface area contributed by atoms with E-state index in [4.69, 9.17) is 5.11 Å². The van der Waals surface area contributed by atoms with Gasteiger partial charge >= 0.3 is 0 Å². The van der Waals surface area contributed by atoms with Crippen molar-refractivity contribution in [2.75, 3.05) is 6.61 Å². The van der Waals surface area contributed by atoms with Gasteiger partial charge < -0.3 is 5.11 Å². The Hall–Kier alpha value is -1.72. The van der Waals surface area contributed by atoms with Crippen LogP contribution in [0.1, 0.15) is 15.4 Å². The van der Waals surface area contributed by atoms with Crippen molar-refractivity contribution >= 4 is 21.4 Å². The van der Waals surface area contributed by atoms with Gasteiger partial charge in [-0.3, -0.25) is 0 Å². The lowest BCUT2D eigenvalue weighted by molar-refractivity contribution is 0.350. The van der Waals surface area contributed by atoms with E-state index in [2.05, 4.69) is 21.5 Å². The molecule has 1 aromatic carbocycles. The van der Waals surface area contributed by atoms with Crippen molar-refractivity contribution in [3.63, 3.8) is 0 Å². The Morgan fingerprint density at radius 1 is 1.33 bits per heavy atom. The average Bonchev–Trinajstić information content (AvgIpc) is 2.89.